The summed E-state index contributed by atoms with van der Waals surface area (Å²) in [5, 5.41) is 7.40. The summed E-state index contributed by atoms with van der Waals surface area (Å²) in [5.41, 5.74) is 0.201. The van der Waals surface area contributed by atoms with Crippen LogP contribution in [-0.2, 0) is 24.1 Å². The van der Waals surface area contributed by atoms with Gasteiger partial charge in [-0.15, -0.1) is 0 Å². The molecule has 18 heavy (non-hydrogen) atoms. The molecule has 1 unspecified atom stereocenters. The van der Waals surface area contributed by atoms with Crippen LogP contribution in [0, 0.1) is 11.3 Å². The van der Waals surface area contributed by atoms with Crippen LogP contribution in [0.5, 0.6) is 0 Å². The zero-order chi connectivity index (χ0) is 13.7. The van der Waals surface area contributed by atoms with Crippen molar-refractivity contribution in [3.05, 3.63) is 23.3 Å². The fraction of sp³-hybridized carbons (Fsp3) is 0.222. The molecule has 0 spiro atoms. The minimum Gasteiger partial charge on any atom is -0.391 e. The summed E-state index contributed by atoms with van der Waals surface area (Å²) >= 11 is 0. The van der Waals surface area contributed by atoms with E-state index in [1.807, 2.05) is 0 Å². The number of rotatable bonds is 3. The molecule has 0 aliphatic heterocycles. The highest BCUT2D eigenvalue weighted by Gasteiger charge is 2.28. The molecule has 9 nitrogen and oxygen atoms in total. The lowest BCUT2D eigenvalue weighted by Gasteiger charge is -2.18. The molecule has 0 aromatic carbocycles. The largest absolute Gasteiger partial charge is 0.391 e. The average molecular weight is 256 g/mol. The van der Waals surface area contributed by atoms with Gasteiger partial charge in [-0.2, -0.15) is 17.7 Å². The number of nitrogens with two attached hydrogens (primary N) is 3. The molecule has 0 radical (unpaired) electrons. The van der Waals surface area contributed by atoms with E-state index in [-0.39, 0.29) is 23.5 Å². The highest BCUT2D eigenvalue weighted by molar-refractivity contribution is 5.99. The summed E-state index contributed by atoms with van der Waals surface area (Å²) in [5.74, 6) is 11.5. The molecule has 1 atom stereocenters. The van der Waals surface area contributed by atoms with Gasteiger partial charge in [0.2, 0.25) is 5.90 Å². The third kappa shape index (κ3) is 2.91. The predicted molar refractivity (Wildman–Crippen MR) is 57.8 cm³/mol. The van der Waals surface area contributed by atoms with Gasteiger partial charge in [0.05, 0.1) is 11.5 Å². The lowest BCUT2D eigenvalue weighted by molar-refractivity contribution is -0.147. The first-order valence-electron chi connectivity index (χ1n) is 4.73. The Balaban J connectivity index is 3.07. The summed E-state index contributed by atoms with van der Waals surface area (Å²) in [6.07, 6.45) is 2.62. The maximum absolute atomic E-state index is 11.3. The second-order valence-corrected chi connectivity index (χ2v) is 3.39. The van der Waals surface area contributed by atoms with E-state index in [1.54, 1.807) is 0 Å². The quantitative estimate of drug-likeness (QED) is 0.271. The van der Waals surface area contributed by atoms with Gasteiger partial charge in [-0.05, 0) is 12.5 Å². The van der Waals surface area contributed by atoms with Crippen LogP contribution in [-0.4, -0.2) is 17.8 Å². The van der Waals surface area contributed by atoms with Crippen LogP contribution in [0.4, 0.5) is 0 Å². The number of carbonyl (C=O) groups is 2. The fourth-order valence-electron chi connectivity index (χ4n) is 1.48. The van der Waals surface area contributed by atoms with Gasteiger partial charge in [-0.25, -0.2) is 9.59 Å². The molecular weight excluding hydrogens is 244 g/mol. The van der Waals surface area contributed by atoms with E-state index < -0.39 is 17.9 Å². The lowest BCUT2D eigenvalue weighted by atomic mass is 9.90. The minimum atomic E-state index is -0.869. The molecule has 9 heteroatoms. The van der Waals surface area contributed by atoms with Crippen molar-refractivity contribution in [3.63, 3.8) is 0 Å². The van der Waals surface area contributed by atoms with E-state index in [1.165, 1.54) is 12.2 Å². The molecule has 0 fully saturated rings. The van der Waals surface area contributed by atoms with E-state index in [9.17, 15) is 9.59 Å². The summed E-state index contributed by atoms with van der Waals surface area (Å²) < 4.78 is 0. The molecule has 0 saturated heterocycles. The first-order chi connectivity index (χ1) is 8.53. The van der Waals surface area contributed by atoms with Gasteiger partial charge >= 0.3 is 11.9 Å². The Bertz CT molecular complexity index is 442. The van der Waals surface area contributed by atoms with E-state index in [4.69, 9.17) is 23.1 Å². The van der Waals surface area contributed by atoms with Crippen molar-refractivity contribution in [2.45, 2.75) is 6.42 Å². The van der Waals surface area contributed by atoms with Crippen LogP contribution in [0.25, 0.3) is 0 Å². The van der Waals surface area contributed by atoms with Gasteiger partial charge in [0.15, 0.2) is 0 Å². The average Bonchev–Trinajstić information content (AvgIpc) is 2.43. The number of carbonyl (C=O) groups excluding carboxylic acids is 2. The number of hydrogen-bond acceptors (Lipinski definition) is 9. The van der Waals surface area contributed by atoms with Crippen LogP contribution in [0.3, 0.4) is 0 Å². The van der Waals surface area contributed by atoms with Crippen LogP contribution in [0.2, 0.25) is 0 Å². The molecule has 0 amide bonds. The summed E-state index contributed by atoms with van der Waals surface area (Å²) in [4.78, 5) is 35.0. The van der Waals surface area contributed by atoms with E-state index in [2.05, 4.69) is 14.5 Å². The molecule has 0 bridgehead atoms. The van der Waals surface area contributed by atoms with Crippen molar-refractivity contribution in [1.82, 2.24) is 0 Å². The number of nitrogens with one attached hydrogen (secondary N) is 1. The Morgan fingerprint density at radius 1 is 1.22 bits per heavy atom. The van der Waals surface area contributed by atoms with Crippen molar-refractivity contribution >= 4 is 17.8 Å². The molecule has 0 heterocycles. The maximum atomic E-state index is 11.3. The zero-order valence-electron chi connectivity index (χ0n) is 9.21. The van der Waals surface area contributed by atoms with E-state index in [0.29, 0.717) is 0 Å². The van der Waals surface area contributed by atoms with Gasteiger partial charge in [0.1, 0.15) is 0 Å². The highest BCUT2D eigenvalue weighted by atomic mass is 16.7. The van der Waals surface area contributed by atoms with E-state index >= 15 is 0 Å². The smallest absolute Gasteiger partial charge is 0.356 e. The molecule has 1 aliphatic rings. The topological polar surface area (TPSA) is 164 Å². The second kappa shape index (κ2) is 5.91. The van der Waals surface area contributed by atoms with Crippen molar-refractivity contribution < 1.29 is 24.1 Å². The molecular formula is C9H12N4O5. The van der Waals surface area contributed by atoms with Crippen LogP contribution in [0.15, 0.2) is 23.3 Å². The predicted octanol–water partition coefficient (Wildman–Crippen LogP) is -1.44. The van der Waals surface area contributed by atoms with Crippen molar-refractivity contribution in [2.24, 2.45) is 23.6 Å². The van der Waals surface area contributed by atoms with Crippen molar-refractivity contribution in [2.75, 3.05) is 0 Å². The van der Waals surface area contributed by atoms with E-state index in [0.717, 1.165) is 0 Å². The third-order valence-electron chi connectivity index (χ3n) is 2.32. The molecule has 0 saturated carbocycles. The normalized spacial score (nSPS) is 18.3. The summed E-state index contributed by atoms with van der Waals surface area (Å²) in [6, 6.07) is 0. The molecule has 98 valence electrons. The first-order valence-corrected chi connectivity index (χ1v) is 4.73. The zero-order valence-corrected chi connectivity index (χ0v) is 9.21. The van der Waals surface area contributed by atoms with Crippen molar-refractivity contribution in [1.29, 1.82) is 5.41 Å². The minimum absolute atomic E-state index is 0.0176. The second-order valence-electron chi connectivity index (χ2n) is 3.39. The molecule has 0 aromatic heterocycles. The fourth-order valence-corrected chi connectivity index (χ4v) is 1.48. The van der Waals surface area contributed by atoms with Gasteiger partial charge in [-0.1, -0.05) is 6.08 Å². The molecule has 1 aliphatic carbocycles. The molecule has 1 rings (SSSR count). The van der Waals surface area contributed by atoms with Crippen molar-refractivity contribution in [3.8, 4) is 0 Å². The monoisotopic (exact) mass is 256 g/mol. The van der Waals surface area contributed by atoms with Gasteiger partial charge < -0.3 is 14.5 Å². The Morgan fingerprint density at radius 2 is 1.89 bits per heavy atom. The summed E-state index contributed by atoms with van der Waals surface area (Å²) in [7, 11) is 0. The lowest BCUT2D eigenvalue weighted by Crippen LogP contribution is -2.26. The van der Waals surface area contributed by atoms with Gasteiger partial charge in [-0.3, -0.25) is 5.41 Å². The molecule has 7 N–H and O–H groups in total. The SMILES string of the molecule is N=C(ON)C1=CC(C(=O)ON)=CC(C(=O)ON)C1. The van der Waals surface area contributed by atoms with Gasteiger partial charge in [0, 0.05) is 5.57 Å². The Labute approximate surface area is 102 Å². The Kier molecular flexibility index (Phi) is 4.54. The number of hydrogen-bond donors (Lipinski definition) is 4. The Morgan fingerprint density at radius 3 is 2.39 bits per heavy atom. The third-order valence-corrected chi connectivity index (χ3v) is 2.32. The highest BCUT2D eigenvalue weighted by Crippen LogP contribution is 2.25. The maximum Gasteiger partial charge on any atom is 0.356 e. The van der Waals surface area contributed by atoms with Crippen LogP contribution < -0.4 is 17.7 Å². The van der Waals surface area contributed by atoms with Crippen LogP contribution >= 0.6 is 0 Å². The standard InChI is InChI=1S/C9H12N4O5/c10-7(16-11)4-1-5(8(14)17-12)3-6(2-4)9(15)18-13/h1,3,6,10H,2,11-13H2. The van der Waals surface area contributed by atoms with Gasteiger partial charge in [0.25, 0.3) is 0 Å². The van der Waals surface area contributed by atoms with Crippen LogP contribution in [0.1, 0.15) is 6.42 Å². The summed E-state index contributed by atoms with van der Waals surface area (Å²) in [6.45, 7) is 0. The molecule has 0 aromatic rings. The first kappa shape index (κ1) is 13.8. The Hall–Kier alpha value is -2.23.